The van der Waals surface area contributed by atoms with Crippen LogP contribution in [0.5, 0.6) is 0 Å². The number of amides is 2. The molecule has 2 rings (SSSR count). The summed E-state index contributed by atoms with van der Waals surface area (Å²) in [5, 5.41) is 13.3. The Morgan fingerprint density at radius 1 is 1.11 bits per heavy atom. The van der Waals surface area contributed by atoms with Crippen molar-refractivity contribution in [1.82, 2.24) is 15.6 Å². The maximum Gasteiger partial charge on any atom is 0.252 e. The first-order chi connectivity index (χ1) is 12.9. The number of nitrogens with one attached hydrogen (secondary N) is 2. The molecule has 2 aromatic rings. The van der Waals surface area contributed by atoms with Crippen molar-refractivity contribution in [3.05, 3.63) is 66.0 Å². The summed E-state index contributed by atoms with van der Waals surface area (Å²) in [5.41, 5.74) is 0.817. The van der Waals surface area contributed by atoms with Crippen LogP contribution in [0, 0.1) is 11.3 Å². The van der Waals surface area contributed by atoms with Gasteiger partial charge in [-0.1, -0.05) is 30.3 Å². The largest absolute Gasteiger partial charge is 0.341 e. The minimum absolute atomic E-state index is 0.239. The molecule has 2 N–H and O–H groups in total. The van der Waals surface area contributed by atoms with Crippen molar-refractivity contribution in [3.63, 3.8) is 0 Å². The van der Waals surface area contributed by atoms with Gasteiger partial charge in [0, 0.05) is 18.0 Å². The van der Waals surface area contributed by atoms with E-state index in [0.717, 1.165) is 0 Å². The second-order valence-electron chi connectivity index (χ2n) is 5.68. The van der Waals surface area contributed by atoms with Gasteiger partial charge in [-0.05, 0) is 17.7 Å². The number of hydrogen-bond donors (Lipinski definition) is 2. The number of pyridine rings is 1. The number of carbonyl (C=O) groups excluding carboxylic acids is 2. The van der Waals surface area contributed by atoms with Gasteiger partial charge in [-0.3, -0.25) is 14.6 Å². The molecule has 1 heterocycles. The fraction of sp³-hybridized carbons (Fsp3) is 0.222. The van der Waals surface area contributed by atoms with Crippen LogP contribution in [-0.2, 0) is 20.4 Å². The molecule has 0 aliphatic rings. The molecule has 0 aliphatic carbocycles. The van der Waals surface area contributed by atoms with Crippen LogP contribution in [0.3, 0.4) is 0 Å². The number of nitrogens with zero attached hydrogens (tertiary/aromatic N) is 2. The molecule has 2 amide bonds. The fourth-order valence-electron chi connectivity index (χ4n) is 2.32. The molecule has 9 heteroatoms. The Kier molecular flexibility index (Phi) is 7.02. The van der Waals surface area contributed by atoms with Crippen molar-refractivity contribution < 1.29 is 18.0 Å². The zero-order valence-corrected chi connectivity index (χ0v) is 15.1. The van der Waals surface area contributed by atoms with Crippen LogP contribution < -0.4 is 10.6 Å². The quantitative estimate of drug-likeness (QED) is 0.633. The summed E-state index contributed by atoms with van der Waals surface area (Å²) in [6.07, 6.45) is 2.82. The molecular formula is C18H18N4O4S. The van der Waals surface area contributed by atoms with E-state index in [9.17, 15) is 18.0 Å². The molecule has 0 fully saturated rings. The number of nitriles is 1. The van der Waals surface area contributed by atoms with E-state index in [0.29, 0.717) is 5.56 Å². The predicted molar refractivity (Wildman–Crippen MR) is 98.0 cm³/mol. The Morgan fingerprint density at radius 3 is 2.41 bits per heavy atom. The Labute approximate surface area is 157 Å². The van der Waals surface area contributed by atoms with E-state index in [4.69, 9.17) is 5.26 Å². The summed E-state index contributed by atoms with van der Waals surface area (Å²) in [4.78, 5) is 28.3. The molecule has 0 bridgehead atoms. The first-order valence-electron chi connectivity index (χ1n) is 8.01. The van der Waals surface area contributed by atoms with E-state index in [1.807, 2.05) is 0 Å². The van der Waals surface area contributed by atoms with E-state index >= 15 is 0 Å². The van der Waals surface area contributed by atoms with Gasteiger partial charge in [0.1, 0.15) is 12.6 Å². The average molecular weight is 386 g/mol. The molecule has 0 unspecified atom stereocenters. The number of carbonyl (C=O) groups is 2. The van der Waals surface area contributed by atoms with Crippen LogP contribution in [-0.4, -0.2) is 43.6 Å². The minimum atomic E-state index is -3.70. The van der Waals surface area contributed by atoms with Crippen LogP contribution in [0.15, 0.2) is 54.9 Å². The molecule has 0 radical (unpaired) electrons. The summed E-state index contributed by atoms with van der Waals surface area (Å²) in [5.74, 6) is -2.20. The van der Waals surface area contributed by atoms with Crippen LogP contribution in [0.2, 0.25) is 0 Å². The summed E-state index contributed by atoms with van der Waals surface area (Å²) >= 11 is 0. The van der Waals surface area contributed by atoms with Gasteiger partial charge in [-0.25, -0.2) is 8.42 Å². The second kappa shape index (κ2) is 9.45. The zero-order valence-electron chi connectivity index (χ0n) is 14.3. The van der Waals surface area contributed by atoms with E-state index in [2.05, 4.69) is 15.6 Å². The van der Waals surface area contributed by atoms with Gasteiger partial charge >= 0.3 is 0 Å². The lowest BCUT2D eigenvalue weighted by Gasteiger charge is -2.18. The van der Waals surface area contributed by atoms with Gasteiger partial charge in [0.25, 0.3) is 5.91 Å². The fourth-order valence-corrected chi connectivity index (χ4v) is 3.88. The number of rotatable bonds is 8. The third-order valence-corrected chi connectivity index (χ3v) is 5.17. The van der Waals surface area contributed by atoms with Crippen molar-refractivity contribution in [2.24, 2.45) is 0 Å². The van der Waals surface area contributed by atoms with Gasteiger partial charge in [-0.2, -0.15) is 5.26 Å². The Morgan fingerprint density at radius 2 is 1.78 bits per heavy atom. The smallest absolute Gasteiger partial charge is 0.252 e. The van der Waals surface area contributed by atoms with Crippen molar-refractivity contribution in [1.29, 1.82) is 5.26 Å². The van der Waals surface area contributed by atoms with Crippen LogP contribution in [0.25, 0.3) is 0 Å². The Hall–Kier alpha value is -3.25. The first kappa shape index (κ1) is 20.1. The number of sulfone groups is 1. The molecule has 0 spiro atoms. The molecule has 1 atom stereocenters. The van der Waals surface area contributed by atoms with Crippen LogP contribution in [0.1, 0.15) is 15.9 Å². The zero-order chi connectivity index (χ0) is 19.7. The lowest BCUT2D eigenvalue weighted by Crippen LogP contribution is -2.50. The van der Waals surface area contributed by atoms with Crippen molar-refractivity contribution in [2.75, 3.05) is 12.3 Å². The van der Waals surface area contributed by atoms with Gasteiger partial charge in [0.15, 0.2) is 9.84 Å². The molecule has 27 heavy (non-hydrogen) atoms. The third-order valence-electron chi connectivity index (χ3n) is 3.56. The standard InChI is InChI=1S/C18H18N4O4S/c19-8-11-21-18(24)16(22-17(23)15-6-9-20-10-7-15)13-27(25,26)12-14-4-2-1-3-5-14/h1-7,9-10,16H,11-13H2,(H,21,24)(H,22,23)/t16-/m0/s1. The Bertz CT molecular complexity index is 925. The molecule has 8 nitrogen and oxygen atoms in total. The second-order valence-corrected chi connectivity index (χ2v) is 7.79. The lowest BCUT2D eigenvalue weighted by atomic mass is 10.2. The van der Waals surface area contributed by atoms with Gasteiger partial charge in [0.05, 0.1) is 17.6 Å². The highest BCUT2D eigenvalue weighted by atomic mass is 32.2. The normalized spacial score (nSPS) is 11.8. The van der Waals surface area contributed by atoms with Crippen LogP contribution in [0.4, 0.5) is 0 Å². The van der Waals surface area contributed by atoms with Crippen molar-refractivity contribution in [2.45, 2.75) is 11.8 Å². The molecule has 0 aliphatic heterocycles. The highest BCUT2D eigenvalue weighted by molar-refractivity contribution is 7.90. The maximum atomic E-state index is 12.5. The van der Waals surface area contributed by atoms with Crippen LogP contribution >= 0.6 is 0 Å². The molecule has 0 saturated heterocycles. The van der Waals surface area contributed by atoms with E-state index in [1.54, 1.807) is 36.4 Å². The minimum Gasteiger partial charge on any atom is -0.341 e. The predicted octanol–water partition coefficient (Wildman–Crippen LogP) is 0.435. The summed E-state index contributed by atoms with van der Waals surface area (Å²) < 4.78 is 25.0. The molecule has 1 aromatic heterocycles. The highest BCUT2D eigenvalue weighted by Gasteiger charge is 2.27. The SMILES string of the molecule is N#CCNC(=O)[C@H](CS(=O)(=O)Cc1ccccc1)NC(=O)c1ccncc1. The molecule has 0 saturated carbocycles. The van der Waals surface area contributed by atoms with Crippen molar-refractivity contribution >= 4 is 21.7 Å². The first-order valence-corrected chi connectivity index (χ1v) is 9.83. The summed E-state index contributed by atoms with van der Waals surface area (Å²) in [6.45, 7) is -0.292. The topological polar surface area (TPSA) is 129 Å². The number of aromatic nitrogens is 1. The van der Waals surface area contributed by atoms with E-state index < -0.39 is 33.4 Å². The highest BCUT2D eigenvalue weighted by Crippen LogP contribution is 2.08. The molecule has 140 valence electrons. The van der Waals surface area contributed by atoms with E-state index in [-0.39, 0.29) is 17.9 Å². The number of benzene rings is 1. The van der Waals surface area contributed by atoms with Crippen molar-refractivity contribution in [3.8, 4) is 6.07 Å². The summed E-state index contributed by atoms with van der Waals surface area (Å²) in [6, 6.07) is 11.8. The maximum absolute atomic E-state index is 12.5. The monoisotopic (exact) mass is 386 g/mol. The molecule has 1 aromatic carbocycles. The van der Waals surface area contributed by atoms with Gasteiger partial charge < -0.3 is 10.6 Å². The summed E-state index contributed by atoms with van der Waals surface area (Å²) in [7, 11) is -3.70. The van der Waals surface area contributed by atoms with E-state index in [1.165, 1.54) is 24.5 Å². The van der Waals surface area contributed by atoms with Gasteiger partial charge in [0.2, 0.25) is 5.91 Å². The Balaban J connectivity index is 2.15. The van der Waals surface area contributed by atoms with Gasteiger partial charge in [-0.15, -0.1) is 0 Å². The third kappa shape index (κ3) is 6.52. The average Bonchev–Trinajstić information content (AvgIpc) is 2.66. The lowest BCUT2D eigenvalue weighted by molar-refractivity contribution is -0.122. The number of hydrogen-bond acceptors (Lipinski definition) is 6. The molecular weight excluding hydrogens is 368 g/mol.